The number of rotatable bonds is 8. The predicted octanol–water partition coefficient (Wildman–Crippen LogP) is 4.78. The Bertz CT molecular complexity index is 1540. The van der Waals surface area contributed by atoms with Gasteiger partial charge in [-0.2, -0.15) is 18.3 Å². The van der Waals surface area contributed by atoms with E-state index in [0.717, 1.165) is 42.1 Å². The minimum atomic E-state index is -5.08. The van der Waals surface area contributed by atoms with Gasteiger partial charge in [-0.05, 0) is 47.7 Å². The maximum atomic E-state index is 13.3. The molecule has 1 atom stereocenters. The quantitative estimate of drug-likeness (QED) is 0.232. The monoisotopic (exact) mass is 595 g/mol. The Labute approximate surface area is 246 Å². The molecular weight excluding hydrogens is 563 g/mol. The van der Waals surface area contributed by atoms with Crippen molar-refractivity contribution in [3.63, 3.8) is 0 Å². The van der Waals surface area contributed by atoms with Crippen molar-refractivity contribution in [3.05, 3.63) is 95.7 Å². The zero-order valence-electron chi connectivity index (χ0n) is 23.2. The highest BCUT2D eigenvalue weighted by atomic mass is 19.4. The van der Waals surface area contributed by atoms with Gasteiger partial charge in [-0.25, -0.2) is 9.48 Å². The van der Waals surface area contributed by atoms with Crippen molar-refractivity contribution in [3.8, 4) is 0 Å². The lowest BCUT2D eigenvalue weighted by Crippen LogP contribution is -2.38. The number of nitrogens with one attached hydrogen (secondary N) is 3. The van der Waals surface area contributed by atoms with Crippen LogP contribution in [0.15, 0.2) is 79.0 Å². The second kappa shape index (κ2) is 14.5. The Hall–Kier alpha value is -4.71. The molecule has 0 saturated carbocycles. The first-order valence-corrected chi connectivity index (χ1v) is 13.8. The number of anilines is 1. The van der Waals surface area contributed by atoms with E-state index in [1.165, 1.54) is 5.56 Å². The number of aryl methyl sites for hydroxylation is 2. The fraction of sp³-hybridized carbons (Fsp3) is 0.290. The van der Waals surface area contributed by atoms with E-state index in [4.69, 9.17) is 9.90 Å². The Kier molecular flexibility index (Phi) is 10.5. The number of carboxylic acid groups (broad SMARTS) is 1. The normalized spacial score (nSPS) is 14.8. The number of amides is 2. The Morgan fingerprint density at radius 3 is 2.40 bits per heavy atom. The molecule has 43 heavy (non-hydrogen) atoms. The molecule has 0 radical (unpaired) electrons. The van der Waals surface area contributed by atoms with Crippen LogP contribution in [0.2, 0.25) is 0 Å². The summed E-state index contributed by atoms with van der Waals surface area (Å²) in [7, 11) is 0. The van der Waals surface area contributed by atoms with Gasteiger partial charge < -0.3 is 21.1 Å². The van der Waals surface area contributed by atoms with Gasteiger partial charge >= 0.3 is 12.1 Å². The molecule has 2 heterocycles. The van der Waals surface area contributed by atoms with Crippen LogP contribution >= 0.6 is 0 Å². The largest absolute Gasteiger partial charge is 0.490 e. The number of hydrogen-bond donors (Lipinski definition) is 4. The van der Waals surface area contributed by atoms with Gasteiger partial charge in [0.1, 0.15) is 11.4 Å². The van der Waals surface area contributed by atoms with Crippen LogP contribution in [0.3, 0.4) is 0 Å². The van der Waals surface area contributed by atoms with Crippen LogP contribution < -0.4 is 16.0 Å². The van der Waals surface area contributed by atoms with Crippen LogP contribution in [0, 0.1) is 5.92 Å². The fourth-order valence-corrected chi connectivity index (χ4v) is 4.74. The van der Waals surface area contributed by atoms with Crippen LogP contribution in [-0.4, -0.2) is 51.9 Å². The number of carbonyl (C=O) groups is 3. The van der Waals surface area contributed by atoms with Crippen LogP contribution in [0.1, 0.15) is 34.3 Å². The molecule has 1 aromatic heterocycles. The number of fused-ring (bicyclic) bond motifs is 1. The molecule has 4 N–H and O–H groups in total. The molecule has 2 amide bonds. The standard InChI is InChI=1S/C29H31N5O2.C2HF3O2/c35-28(24-13-7-16-30-18-24)33-27-26(20-32-34(27)17-15-21-8-2-1-3-9-21)29(36)31-19-23-12-6-11-22-10-4-5-14-25(22)23;3-2(4,5)1(6)7/h1-6,8-12,14,20,24,30H,7,13,15-19H2,(H,31,36)(H,33,35);(H,6,7). The fourth-order valence-electron chi connectivity index (χ4n) is 4.74. The maximum Gasteiger partial charge on any atom is 0.490 e. The first kappa shape index (κ1) is 31.2. The van der Waals surface area contributed by atoms with Gasteiger partial charge in [0.15, 0.2) is 0 Å². The van der Waals surface area contributed by atoms with Gasteiger partial charge in [-0.3, -0.25) is 9.59 Å². The van der Waals surface area contributed by atoms with E-state index >= 15 is 0 Å². The summed E-state index contributed by atoms with van der Waals surface area (Å²) in [5, 5.41) is 23.2. The Morgan fingerprint density at radius 2 is 1.70 bits per heavy atom. The lowest BCUT2D eigenvalue weighted by Gasteiger charge is -2.22. The zero-order valence-corrected chi connectivity index (χ0v) is 23.2. The third-order valence-corrected chi connectivity index (χ3v) is 7.01. The SMILES string of the molecule is O=C(NCc1cccc2ccccc12)c1cnn(CCc2ccccc2)c1NC(=O)C1CCCNC1.O=C(O)C(F)(F)F. The van der Waals surface area contributed by atoms with Crippen LogP contribution in [0.4, 0.5) is 19.0 Å². The molecule has 226 valence electrons. The third kappa shape index (κ3) is 8.65. The van der Waals surface area contributed by atoms with Crippen molar-refractivity contribution < 1.29 is 32.7 Å². The highest BCUT2D eigenvalue weighted by molar-refractivity contribution is 6.03. The molecule has 4 aromatic rings. The first-order chi connectivity index (χ1) is 20.6. The Morgan fingerprint density at radius 1 is 1.00 bits per heavy atom. The van der Waals surface area contributed by atoms with Gasteiger partial charge in [0.25, 0.3) is 5.91 Å². The molecule has 1 aliphatic heterocycles. The summed E-state index contributed by atoms with van der Waals surface area (Å²) in [5.41, 5.74) is 2.58. The van der Waals surface area contributed by atoms with Gasteiger partial charge in [0.2, 0.25) is 5.91 Å². The van der Waals surface area contributed by atoms with E-state index in [1.54, 1.807) is 10.9 Å². The number of nitrogens with zero attached hydrogens (tertiary/aromatic N) is 2. The van der Waals surface area contributed by atoms with Crippen LogP contribution in [-0.2, 0) is 29.1 Å². The summed E-state index contributed by atoms with van der Waals surface area (Å²) in [6.07, 6.45) is -0.991. The van der Waals surface area contributed by atoms with E-state index in [9.17, 15) is 22.8 Å². The number of halogens is 3. The molecule has 1 saturated heterocycles. The lowest BCUT2D eigenvalue weighted by molar-refractivity contribution is -0.192. The van der Waals surface area contributed by atoms with Crippen molar-refractivity contribution >= 4 is 34.4 Å². The van der Waals surface area contributed by atoms with Gasteiger partial charge in [0, 0.05) is 19.6 Å². The molecule has 5 rings (SSSR count). The molecule has 0 bridgehead atoms. The average molecular weight is 596 g/mol. The number of alkyl halides is 3. The second-order valence-electron chi connectivity index (χ2n) is 10.0. The number of hydrogen-bond acceptors (Lipinski definition) is 5. The minimum absolute atomic E-state index is 0.0771. The van der Waals surface area contributed by atoms with E-state index in [2.05, 4.69) is 51.4 Å². The van der Waals surface area contributed by atoms with Gasteiger partial charge in [-0.1, -0.05) is 72.8 Å². The van der Waals surface area contributed by atoms with Crippen molar-refractivity contribution in [1.82, 2.24) is 20.4 Å². The van der Waals surface area contributed by atoms with Crippen molar-refractivity contribution in [1.29, 1.82) is 0 Å². The maximum absolute atomic E-state index is 13.3. The highest BCUT2D eigenvalue weighted by Gasteiger charge is 2.38. The summed E-state index contributed by atoms with van der Waals surface area (Å²) in [4.78, 5) is 35.3. The molecule has 0 spiro atoms. The number of carboxylic acids is 1. The number of benzene rings is 3. The second-order valence-corrected chi connectivity index (χ2v) is 10.0. The number of carbonyl (C=O) groups excluding carboxylic acids is 2. The molecule has 0 aliphatic carbocycles. The van der Waals surface area contributed by atoms with Crippen molar-refractivity contribution in [2.45, 2.75) is 38.5 Å². The third-order valence-electron chi connectivity index (χ3n) is 7.01. The smallest absolute Gasteiger partial charge is 0.475 e. The zero-order chi connectivity index (χ0) is 30.8. The summed E-state index contributed by atoms with van der Waals surface area (Å²) in [6, 6.07) is 24.3. The highest BCUT2D eigenvalue weighted by Crippen LogP contribution is 2.21. The number of piperidine rings is 1. The number of aromatic nitrogens is 2. The molecule has 1 aliphatic rings. The van der Waals surface area contributed by atoms with Crippen LogP contribution in [0.5, 0.6) is 0 Å². The van der Waals surface area contributed by atoms with E-state index in [0.29, 0.717) is 31.0 Å². The van der Waals surface area contributed by atoms with Gasteiger partial charge in [0.05, 0.1) is 12.1 Å². The first-order valence-electron chi connectivity index (χ1n) is 13.8. The van der Waals surface area contributed by atoms with Crippen molar-refractivity contribution in [2.75, 3.05) is 18.4 Å². The van der Waals surface area contributed by atoms with Crippen molar-refractivity contribution in [2.24, 2.45) is 5.92 Å². The van der Waals surface area contributed by atoms with Gasteiger partial charge in [-0.15, -0.1) is 0 Å². The molecule has 12 heteroatoms. The summed E-state index contributed by atoms with van der Waals surface area (Å²) in [6.45, 7) is 2.52. The molecule has 1 unspecified atom stereocenters. The average Bonchev–Trinajstić information content (AvgIpc) is 3.41. The molecule has 1 fully saturated rings. The Balaban J connectivity index is 0.000000541. The van der Waals surface area contributed by atoms with E-state index in [1.807, 2.05) is 42.5 Å². The molecule has 9 nitrogen and oxygen atoms in total. The predicted molar refractivity (Wildman–Crippen MR) is 155 cm³/mol. The van der Waals surface area contributed by atoms with Crippen LogP contribution in [0.25, 0.3) is 10.8 Å². The van der Waals surface area contributed by atoms with E-state index in [-0.39, 0.29) is 17.7 Å². The molecular formula is C31H32F3N5O4. The summed E-state index contributed by atoms with van der Waals surface area (Å²) >= 11 is 0. The molecule has 3 aromatic carbocycles. The topological polar surface area (TPSA) is 125 Å². The summed E-state index contributed by atoms with van der Waals surface area (Å²) in [5.74, 6) is -2.76. The summed E-state index contributed by atoms with van der Waals surface area (Å²) < 4.78 is 33.5. The van der Waals surface area contributed by atoms with E-state index < -0.39 is 12.1 Å². The minimum Gasteiger partial charge on any atom is -0.475 e. The number of aliphatic carboxylic acids is 1. The lowest BCUT2D eigenvalue weighted by atomic mass is 9.99.